The minimum atomic E-state index is -1.49. The molecule has 0 spiro atoms. The van der Waals surface area contributed by atoms with E-state index >= 15 is 0 Å². The summed E-state index contributed by atoms with van der Waals surface area (Å²) in [5, 5.41) is 33.0. The second-order valence-corrected chi connectivity index (χ2v) is 9.00. The molecule has 0 aliphatic rings. The Hall–Kier alpha value is -4.73. The topological polar surface area (TPSA) is 235 Å². The molecule has 45 heavy (non-hydrogen) atoms. The number of hydrogen-bond acceptors (Lipinski definition) is 12. The van der Waals surface area contributed by atoms with E-state index in [1.54, 1.807) is 69.5 Å². The third-order valence-electron chi connectivity index (χ3n) is 5.17. The van der Waals surface area contributed by atoms with Gasteiger partial charge in [-0.25, -0.2) is 4.79 Å². The molecule has 252 valence electrons. The quantitative estimate of drug-likeness (QED) is 0.0724. The van der Waals surface area contributed by atoms with Crippen LogP contribution in [0.3, 0.4) is 0 Å². The summed E-state index contributed by atoms with van der Waals surface area (Å²) in [6.07, 6.45) is -0.986. The first kappa shape index (κ1) is 42.4. The number of rotatable bonds is 17. The lowest BCUT2D eigenvalue weighted by molar-refractivity contribution is -0.139. The molecule has 0 saturated heterocycles. The van der Waals surface area contributed by atoms with Crippen LogP contribution in [0.1, 0.15) is 39.8 Å². The number of oxime groups is 2. The number of carbonyl (C=O) groups is 3. The monoisotopic (exact) mass is 638 g/mol. The minimum absolute atomic E-state index is 0. The van der Waals surface area contributed by atoms with Crippen LogP contribution in [0.4, 0.5) is 4.79 Å². The highest BCUT2D eigenvalue weighted by atomic mass is 16.7. The predicted octanol–water partition coefficient (Wildman–Crippen LogP) is 3.42. The van der Waals surface area contributed by atoms with Gasteiger partial charge in [0, 0.05) is 7.11 Å². The summed E-state index contributed by atoms with van der Waals surface area (Å²) in [7, 11) is 1.59. The average Bonchev–Trinajstić information content (AvgIpc) is 2.97. The lowest BCUT2D eigenvalue weighted by atomic mass is 10.1. The van der Waals surface area contributed by atoms with E-state index < -0.39 is 30.2 Å². The van der Waals surface area contributed by atoms with E-state index in [4.69, 9.17) is 45.8 Å². The standard InChI is InChI=1S/C15H22N2O5.C13H16N2O6.2CH4/c1-11(17-22-8-7-20-2)10-21-13-5-3-12(4-6-13)9-14(16)15(18)19;1-8(15-21-13(18)19)7-20-10-4-2-9(3-5-10)6-11(14)12(16)17;;/h3-6,14H,7-10,16H2,1-2H3,(H,18,19);2-5,11H,6-7,14H2,1H3,(H,16,17)(H,18,19);2*1H4/b17-11+;15-8+;;. The maximum Gasteiger partial charge on any atom is 0.532 e. The molecule has 2 unspecified atom stereocenters. The molecule has 2 atom stereocenters. The zero-order chi connectivity index (χ0) is 32.2. The second kappa shape index (κ2) is 23.7. The lowest BCUT2D eigenvalue weighted by Crippen LogP contribution is -2.32. The number of nitrogens with two attached hydrogens (primary N) is 2. The number of nitrogens with zero attached hydrogens (tertiary/aromatic N) is 2. The second-order valence-electron chi connectivity index (χ2n) is 9.00. The van der Waals surface area contributed by atoms with Crippen molar-refractivity contribution in [3.05, 3.63) is 59.7 Å². The van der Waals surface area contributed by atoms with E-state index in [0.717, 1.165) is 11.1 Å². The first-order valence-corrected chi connectivity index (χ1v) is 12.9. The molecule has 15 heteroatoms. The van der Waals surface area contributed by atoms with Crippen molar-refractivity contribution in [3.63, 3.8) is 0 Å². The smallest absolute Gasteiger partial charge is 0.488 e. The average molecular weight is 639 g/mol. The number of methoxy groups -OCH3 is 1. The molecule has 0 aliphatic heterocycles. The first-order chi connectivity index (χ1) is 20.4. The van der Waals surface area contributed by atoms with Crippen LogP contribution in [0.2, 0.25) is 0 Å². The Bertz CT molecular complexity index is 1200. The summed E-state index contributed by atoms with van der Waals surface area (Å²) in [6, 6.07) is 12.0. The molecule has 7 N–H and O–H groups in total. The van der Waals surface area contributed by atoms with E-state index in [0.29, 0.717) is 42.7 Å². The number of benzene rings is 2. The van der Waals surface area contributed by atoms with E-state index in [1.165, 1.54) is 0 Å². The van der Waals surface area contributed by atoms with Crippen LogP contribution < -0.4 is 20.9 Å². The van der Waals surface area contributed by atoms with Gasteiger partial charge in [0.2, 0.25) is 0 Å². The van der Waals surface area contributed by atoms with Crippen molar-refractivity contribution in [1.29, 1.82) is 0 Å². The fraction of sp³-hybridized carbons (Fsp3) is 0.433. The van der Waals surface area contributed by atoms with E-state index in [1.807, 2.05) is 0 Å². The first-order valence-electron chi connectivity index (χ1n) is 12.9. The highest BCUT2D eigenvalue weighted by Crippen LogP contribution is 2.14. The summed E-state index contributed by atoms with van der Waals surface area (Å²) in [5.74, 6) is -0.868. The van der Waals surface area contributed by atoms with Crippen molar-refractivity contribution in [2.75, 3.05) is 33.5 Å². The number of carboxylic acids is 2. The molecule has 0 radical (unpaired) electrons. The highest BCUT2D eigenvalue weighted by molar-refractivity contribution is 5.83. The lowest BCUT2D eigenvalue weighted by Gasteiger charge is -2.09. The molecule has 15 nitrogen and oxygen atoms in total. The van der Waals surface area contributed by atoms with Crippen molar-refractivity contribution in [1.82, 2.24) is 0 Å². The van der Waals surface area contributed by atoms with Gasteiger partial charge in [-0.2, -0.15) is 0 Å². The van der Waals surface area contributed by atoms with Crippen molar-refractivity contribution in [3.8, 4) is 11.5 Å². The Kier molecular flexibility index (Phi) is 22.3. The van der Waals surface area contributed by atoms with Crippen molar-refractivity contribution in [2.24, 2.45) is 21.8 Å². The molecule has 0 fully saturated rings. The van der Waals surface area contributed by atoms with Gasteiger partial charge in [-0.3, -0.25) is 14.4 Å². The third-order valence-corrected chi connectivity index (χ3v) is 5.17. The van der Waals surface area contributed by atoms with E-state index in [9.17, 15) is 14.4 Å². The summed E-state index contributed by atoms with van der Waals surface area (Å²) >= 11 is 0. The van der Waals surface area contributed by atoms with Crippen LogP contribution >= 0.6 is 0 Å². The SMILES string of the molecule is C.C.C/C(COc1ccc(CC(N)C(=O)O)cc1)=N\OC(=O)O.COCCO/N=C(\C)COc1ccc(CC(N)C(=O)O)cc1. The number of hydrogen-bond donors (Lipinski definition) is 5. The van der Waals surface area contributed by atoms with Crippen molar-refractivity contribution >= 4 is 29.5 Å². The summed E-state index contributed by atoms with van der Waals surface area (Å²) in [5.41, 5.74) is 13.6. The fourth-order valence-corrected chi connectivity index (χ4v) is 2.95. The maximum atomic E-state index is 10.7. The van der Waals surface area contributed by atoms with Gasteiger partial charge in [-0.1, -0.05) is 49.4 Å². The zero-order valence-electron chi connectivity index (χ0n) is 24.2. The molecule has 0 aromatic heterocycles. The molecule has 2 aromatic carbocycles. The summed E-state index contributed by atoms with van der Waals surface area (Å²) < 4.78 is 15.7. The number of ether oxygens (including phenoxy) is 3. The molecular formula is C30H46N4O11. The van der Waals surface area contributed by atoms with Gasteiger partial charge in [-0.05, 0) is 62.1 Å². The molecule has 2 rings (SSSR count). The van der Waals surface area contributed by atoms with E-state index in [2.05, 4.69) is 15.1 Å². The van der Waals surface area contributed by atoms with Crippen LogP contribution in [0.15, 0.2) is 58.8 Å². The van der Waals surface area contributed by atoms with Gasteiger partial charge < -0.3 is 45.8 Å². The van der Waals surface area contributed by atoms with Crippen LogP contribution in [0, 0.1) is 0 Å². The molecule has 0 aliphatic carbocycles. The van der Waals surface area contributed by atoms with Crippen molar-refractivity contribution < 1.29 is 53.6 Å². The van der Waals surface area contributed by atoms with Crippen LogP contribution in [-0.2, 0) is 36.8 Å². The Balaban J connectivity index is 0. The molecule has 2 aromatic rings. The number of aliphatic carboxylic acids is 2. The van der Waals surface area contributed by atoms with Crippen LogP contribution in [0.25, 0.3) is 0 Å². The fourth-order valence-electron chi connectivity index (χ4n) is 2.95. The molecular weight excluding hydrogens is 592 g/mol. The summed E-state index contributed by atoms with van der Waals surface area (Å²) in [4.78, 5) is 40.5. The van der Waals surface area contributed by atoms with Gasteiger partial charge in [0.1, 0.15) is 43.4 Å². The predicted molar refractivity (Wildman–Crippen MR) is 169 cm³/mol. The Labute approximate surface area is 263 Å². The van der Waals surface area contributed by atoms with Gasteiger partial charge in [0.15, 0.2) is 0 Å². The molecule has 0 amide bonds. The van der Waals surface area contributed by atoms with Gasteiger partial charge >= 0.3 is 18.1 Å². The summed E-state index contributed by atoms with van der Waals surface area (Å²) in [6.45, 7) is 4.61. The maximum absolute atomic E-state index is 10.7. The van der Waals surface area contributed by atoms with Crippen LogP contribution in [0.5, 0.6) is 11.5 Å². The molecule has 0 bridgehead atoms. The Morgan fingerprint density at radius 2 is 1.11 bits per heavy atom. The minimum Gasteiger partial charge on any atom is -0.488 e. The normalized spacial score (nSPS) is 12.1. The molecule has 0 heterocycles. The third kappa shape index (κ3) is 20.0. The highest BCUT2D eigenvalue weighted by Gasteiger charge is 2.13. The van der Waals surface area contributed by atoms with Gasteiger partial charge in [0.25, 0.3) is 0 Å². The Morgan fingerprint density at radius 3 is 1.47 bits per heavy atom. The number of carboxylic acid groups (broad SMARTS) is 3. The zero-order valence-corrected chi connectivity index (χ0v) is 24.2. The van der Waals surface area contributed by atoms with Gasteiger partial charge in [0.05, 0.1) is 18.0 Å². The van der Waals surface area contributed by atoms with E-state index in [-0.39, 0.29) is 34.3 Å². The molecule has 0 saturated carbocycles. The Morgan fingerprint density at radius 1 is 0.711 bits per heavy atom. The van der Waals surface area contributed by atoms with Gasteiger partial charge in [-0.15, -0.1) is 0 Å². The largest absolute Gasteiger partial charge is 0.532 e. The van der Waals surface area contributed by atoms with Crippen LogP contribution in [-0.4, -0.2) is 90.5 Å². The van der Waals surface area contributed by atoms with Crippen molar-refractivity contribution in [2.45, 2.75) is 53.6 Å².